The highest BCUT2D eigenvalue weighted by atomic mass is 19.1. The maximum atomic E-state index is 14.9. The van der Waals surface area contributed by atoms with E-state index in [1.54, 1.807) is 25.3 Å². The van der Waals surface area contributed by atoms with Gasteiger partial charge in [0.2, 0.25) is 0 Å². The second kappa shape index (κ2) is 12.9. The molecule has 6 heteroatoms. The number of aliphatic carboxylic acids is 1. The smallest absolute Gasteiger partial charge is 0.303 e. The van der Waals surface area contributed by atoms with Gasteiger partial charge in [0.15, 0.2) is 0 Å². The Morgan fingerprint density at radius 2 is 1.74 bits per heavy atom. The van der Waals surface area contributed by atoms with Crippen molar-refractivity contribution in [2.75, 3.05) is 7.11 Å². The third kappa shape index (κ3) is 7.80. The summed E-state index contributed by atoms with van der Waals surface area (Å²) in [4.78, 5) is 11.2. The van der Waals surface area contributed by atoms with Gasteiger partial charge in [0.1, 0.15) is 29.7 Å². The van der Waals surface area contributed by atoms with Gasteiger partial charge >= 0.3 is 5.97 Å². The number of carbonyl (C=O) groups is 1. The van der Waals surface area contributed by atoms with Crippen molar-refractivity contribution in [3.8, 4) is 22.6 Å². The molecule has 38 heavy (non-hydrogen) atoms. The summed E-state index contributed by atoms with van der Waals surface area (Å²) in [5.74, 6) is -1.07. The standard InChI is InChI=1S/C32H38F2O4/c1-6-12-32(3,4)19-24-13-21(8-10-28(24)29-18-26(37-5)9-11-30(29)34)20-38-27-15-23(14-25(33)17-27)22(7-2)16-31(35)36/h8-11,13-15,17-18,22H,6-7,12,16,19-20H2,1-5H3,(H,35,36). The van der Waals surface area contributed by atoms with Crippen molar-refractivity contribution in [1.82, 2.24) is 0 Å². The molecule has 1 unspecified atom stereocenters. The molecule has 0 aromatic heterocycles. The van der Waals surface area contributed by atoms with Crippen LogP contribution in [0.1, 0.15) is 76.0 Å². The van der Waals surface area contributed by atoms with Crippen molar-refractivity contribution in [3.63, 3.8) is 0 Å². The zero-order valence-electron chi connectivity index (χ0n) is 22.9. The Hall–Kier alpha value is -3.41. The van der Waals surface area contributed by atoms with E-state index < -0.39 is 11.8 Å². The van der Waals surface area contributed by atoms with E-state index in [2.05, 4.69) is 20.8 Å². The van der Waals surface area contributed by atoms with Crippen molar-refractivity contribution in [3.05, 3.63) is 82.9 Å². The van der Waals surface area contributed by atoms with Crippen LogP contribution in [-0.2, 0) is 17.8 Å². The topological polar surface area (TPSA) is 55.8 Å². The quantitative estimate of drug-likeness (QED) is 0.243. The number of methoxy groups -OCH3 is 1. The average molecular weight is 525 g/mol. The lowest BCUT2D eigenvalue weighted by Crippen LogP contribution is -2.15. The van der Waals surface area contributed by atoms with Crippen molar-refractivity contribution in [2.45, 2.75) is 72.3 Å². The average Bonchev–Trinajstić information content (AvgIpc) is 2.86. The summed E-state index contributed by atoms with van der Waals surface area (Å²) in [6.45, 7) is 8.65. The maximum Gasteiger partial charge on any atom is 0.303 e. The lowest BCUT2D eigenvalue weighted by molar-refractivity contribution is -0.137. The monoisotopic (exact) mass is 524 g/mol. The molecule has 0 fully saturated rings. The third-order valence-corrected chi connectivity index (χ3v) is 6.91. The molecule has 0 spiro atoms. The van der Waals surface area contributed by atoms with Crippen LogP contribution < -0.4 is 9.47 Å². The lowest BCUT2D eigenvalue weighted by atomic mass is 9.79. The number of ether oxygens (including phenoxy) is 2. The molecule has 1 atom stereocenters. The first-order valence-electron chi connectivity index (χ1n) is 13.2. The number of rotatable bonds is 13. The van der Waals surface area contributed by atoms with Crippen molar-refractivity contribution in [2.24, 2.45) is 5.41 Å². The van der Waals surface area contributed by atoms with Crippen molar-refractivity contribution in [1.29, 1.82) is 0 Å². The largest absolute Gasteiger partial charge is 0.497 e. The molecule has 0 aliphatic rings. The van der Waals surface area contributed by atoms with E-state index >= 15 is 0 Å². The van der Waals surface area contributed by atoms with Gasteiger partial charge < -0.3 is 14.6 Å². The molecule has 0 heterocycles. The molecule has 0 aliphatic carbocycles. The van der Waals surface area contributed by atoms with E-state index in [0.29, 0.717) is 29.0 Å². The zero-order valence-corrected chi connectivity index (χ0v) is 22.9. The normalized spacial score (nSPS) is 12.3. The van der Waals surface area contributed by atoms with Gasteiger partial charge in [-0.1, -0.05) is 52.3 Å². The first kappa shape index (κ1) is 29.2. The second-order valence-corrected chi connectivity index (χ2v) is 10.6. The van der Waals surface area contributed by atoms with E-state index in [-0.39, 0.29) is 30.2 Å². The molecule has 0 radical (unpaired) electrons. The van der Waals surface area contributed by atoms with E-state index in [0.717, 1.165) is 36.0 Å². The summed E-state index contributed by atoms with van der Waals surface area (Å²) >= 11 is 0. The minimum absolute atomic E-state index is 0.00902. The van der Waals surface area contributed by atoms with Crippen LogP contribution >= 0.6 is 0 Å². The molecular weight excluding hydrogens is 486 g/mol. The molecule has 0 saturated carbocycles. The van der Waals surface area contributed by atoms with Gasteiger partial charge in [-0.05, 0) is 83.2 Å². The van der Waals surface area contributed by atoms with E-state index in [1.165, 1.54) is 18.2 Å². The first-order chi connectivity index (χ1) is 18.0. The lowest BCUT2D eigenvalue weighted by Gasteiger charge is -2.26. The Morgan fingerprint density at radius 3 is 2.39 bits per heavy atom. The van der Waals surface area contributed by atoms with Gasteiger partial charge in [0.05, 0.1) is 13.5 Å². The molecule has 4 nitrogen and oxygen atoms in total. The van der Waals surface area contributed by atoms with Crippen LogP contribution in [-0.4, -0.2) is 18.2 Å². The summed E-state index contributed by atoms with van der Waals surface area (Å²) in [6.07, 6.45) is 3.32. The number of carboxylic acids is 1. The van der Waals surface area contributed by atoms with E-state index in [9.17, 15) is 18.7 Å². The maximum absolute atomic E-state index is 14.9. The fourth-order valence-electron chi connectivity index (χ4n) is 5.04. The number of halogens is 2. The Kier molecular flexibility index (Phi) is 9.90. The Bertz CT molecular complexity index is 1250. The van der Waals surface area contributed by atoms with Crippen LogP contribution in [0.25, 0.3) is 11.1 Å². The molecule has 3 rings (SSSR count). The summed E-state index contributed by atoms with van der Waals surface area (Å²) < 4.78 is 40.6. The molecule has 204 valence electrons. The highest BCUT2D eigenvalue weighted by Crippen LogP contribution is 2.36. The minimum atomic E-state index is -0.922. The third-order valence-electron chi connectivity index (χ3n) is 6.91. The van der Waals surface area contributed by atoms with Crippen LogP contribution in [0, 0.1) is 17.0 Å². The first-order valence-corrected chi connectivity index (χ1v) is 13.2. The zero-order chi connectivity index (χ0) is 27.9. The van der Waals surface area contributed by atoms with Gasteiger partial charge in [-0.2, -0.15) is 0 Å². The molecule has 0 saturated heterocycles. The number of carboxylic acid groups (broad SMARTS) is 1. The Labute approximate surface area is 224 Å². The van der Waals surface area contributed by atoms with Crippen molar-refractivity contribution < 1.29 is 28.2 Å². The molecule has 3 aromatic carbocycles. The van der Waals surface area contributed by atoms with E-state index in [1.807, 2.05) is 25.1 Å². The second-order valence-electron chi connectivity index (χ2n) is 10.6. The summed E-state index contributed by atoms with van der Waals surface area (Å²) in [6, 6.07) is 15.0. The SMILES string of the molecule is CCCC(C)(C)Cc1cc(COc2cc(F)cc(C(CC)CC(=O)O)c2)ccc1-c1cc(OC)ccc1F. The van der Waals surface area contributed by atoms with Gasteiger partial charge in [0, 0.05) is 11.6 Å². The van der Waals surface area contributed by atoms with Crippen LogP contribution in [0.4, 0.5) is 8.78 Å². The predicted molar refractivity (Wildman–Crippen MR) is 147 cm³/mol. The van der Waals surface area contributed by atoms with Crippen LogP contribution in [0.2, 0.25) is 0 Å². The summed E-state index contributed by atoms with van der Waals surface area (Å²) in [5, 5.41) is 9.20. The Balaban J connectivity index is 1.93. The van der Waals surface area contributed by atoms with Gasteiger partial charge in [-0.15, -0.1) is 0 Å². The number of hydrogen-bond donors (Lipinski definition) is 1. The summed E-state index contributed by atoms with van der Waals surface area (Å²) in [7, 11) is 1.56. The highest BCUT2D eigenvalue weighted by molar-refractivity contribution is 5.70. The molecule has 0 bridgehead atoms. The van der Waals surface area contributed by atoms with Crippen molar-refractivity contribution >= 4 is 5.97 Å². The molecule has 3 aromatic rings. The van der Waals surface area contributed by atoms with Crippen LogP contribution in [0.15, 0.2) is 54.6 Å². The highest BCUT2D eigenvalue weighted by Gasteiger charge is 2.22. The van der Waals surface area contributed by atoms with Crippen LogP contribution in [0.5, 0.6) is 11.5 Å². The molecular formula is C32H38F2O4. The molecule has 1 N–H and O–H groups in total. The van der Waals surface area contributed by atoms with Gasteiger partial charge in [-0.3, -0.25) is 4.79 Å². The minimum Gasteiger partial charge on any atom is -0.497 e. The van der Waals surface area contributed by atoms with Gasteiger partial charge in [-0.25, -0.2) is 8.78 Å². The van der Waals surface area contributed by atoms with Crippen LogP contribution in [0.3, 0.4) is 0 Å². The fourth-order valence-corrected chi connectivity index (χ4v) is 5.04. The van der Waals surface area contributed by atoms with Gasteiger partial charge in [0.25, 0.3) is 0 Å². The Morgan fingerprint density at radius 1 is 0.974 bits per heavy atom. The predicted octanol–water partition coefficient (Wildman–Crippen LogP) is 8.56. The van der Waals surface area contributed by atoms with E-state index in [4.69, 9.17) is 9.47 Å². The fraction of sp³-hybridized carbons (Fsp3) is 0.406. The number of hydrogen-bond acceptors (Lipinski definition) is 3. The molecule has 0 amide bonds. The number of benzene rings is 3. The molecule has 0 aliphatic heterocycles. The summed E-state index contributed by atoms with van der Waals surface area (Å²) in [5.41, 5.74) is 3.79.